The van der Waals surface area contributed by atoms with Crippen molar-refractivity contribution in [2.75, 3.05) is 45.9 Å². The van der Waals surface area contributed by atoms with Crippen LogP contribution in [0, 0.1) is 0 Å². The van der Waals surface area contributed by atoms with E-state index in [1.807, 2.05) is 0 Å². The summed E-state index contributed by atoms with van der Waals surface area (Å²) in [5.41, 5.74) is 1.29. The predicted octanol–water partition coefficient (Wildman–Crippen LogP) is 3.32. The summed E-state index contributed by atoms with van der Waals surface area (Å²) in [5.74, 6) is 0.955. The van der Waals surface area contributed by atoms with E-state index in [0.29, 0.717) is 6.04 Å². The van der Waals surface area contributed by atoms with E-state index in [4.69, 9.17) is 9.73 Å². The van der Waals surface area contributed by atoms with Gasteiger partial charge in [-0.2, -0.15) is 0 Å². The number of aliphatic imine (C=N–C) groups is 1. The highest BCUT2D eigenvalue weighted by atomic mass is 16.5. The normalized spacial score (nSPS) is 21.6. The van der Waals surface area contributed by atoms with Crippen LogP contribution in [0.15, 0.2) is 35.3 Å². The number of hydrogen-bond donors (Lipinski definition) is 3. The van der Waals surface area contributed by atoms with Crippen molar-refractivity contribution in [2.45, 2.75) is 70.5 Å². The van der Waals surface area contributed by atoms with Crippen LogP contribution in [-0.2, 0) is 4.74 Å². The lowest BCUT2D eigenvalue weighted by Gasteiger charge is -2.39. The van der Waals surface area contributed by atoms with Gasteiger partial charge in [-0.15, -0.1) is 0 Å². The van der Waals surface area contributed by atoms with Crippen LogP contribution >= 0.6 is 0 Å². The Morgan fingerprint density at radius 2 is 1.87 bits per heavy atom. The number of benzene rings is 1. The average Bonchev–Trinajstić information content (AvgIpc) is 2.80. The topological polar surface area (TPSA) is 60.9 Å². The van der Waals surface area contributed by atoms with Gasteiger partial charge in [0.15, 0.2) is 5.96 Å². The van der Waals surface area contributed by atoms with Gasteiger partial charge < -0.3 is 25.6 Å². The molecule has 1 aromatic carbocycles. The highest BCUT2D eigenvalue weighted by Gasteiger charge is 2.34. The molecule has 0 spiro atoms. The summed E-state index contributed by atoms with van der Waals surface area (Å²) in [6.45, 7) is 13.5. The van der Waals surface area contributed by atoms with Gasteiger partial charge in [-0.25, -0.2) is 0 Å². The molecule has 6 nitrogen and oxygen atoms in total. The molecular formula is C25H43N5O. The Labute approximate surface area is 189 Å². The molecule has 2 aliphatic rings. The third-order valence-electron chi connectivity index (χ3n) is 6.62. The van der Waals surface area contributed by atoms with E-state index in [1.165, 1.54) is 44.5 Å². The van der Waals surface area contributed by atoms with E-state index in [-0.39, 0.29) is 11.6 Å². The van der Waals surface area contributed by atoms with Gasteiger partial charge in [0.2, 0.25) is 0 Å². The van der Waals surface area contributed by atoms with Crippen molar-refractivity contribution in [1.29, 1.82) is 0 Å². The zero-order valence-electron chi connectivity index (χ0n) is 19.8. The summed E-state index contributed by atoms with van der Waals surface area (Å²) in [6.07, 6.45) is 5.59. The number of rotatable bonds is 9. The van der Waals surface area contributed by atoms with E-state index < -0.39 is 0 Å². The van der Waals surface area contributed by atoms with Crippen molar-refractivity contribution in [3.05, 3.63) is 35.9 Å². The van der Waals surface area contributed by atoms with E-state index in [2.05, 4.69) is 72.0 Å². The highest BCUT2D eigenvalue weighted by molar-refractivity contribution is 5.80. The zero-order chi connectivity index (χ0) is 21.9. The first kappa shape index (κ1) is 24.0. The summed E-state index contributed by atoms with van der Waals surface area (Å²) in [4.78, 5) is 7.65. The van der Waals surface area contributed by atoms with E-state index in [0.717, 1.165) is 45.1 Å². The lowest BCUT2D eigenvalue weighted by molar-refractivity contribution is 0.0374. The van der Waals surface area contributed by atoms with Crippen LogP contribution in [0.25, 0.3) is 0 Å². The van der Waals surface area contributed by atoms with Crippen molar-refractivity contribution in [2.24, 2.45) is 4.99 Å². The fourth-order valence-electron chi connectivity index (χ4n) is 4.76. The fraction of sp³-hybridized carbons (Fsp3) is 0.720. The Bertz CT molecular complexity index is 651. The molecule has 0 bridgehead atoms. The first-order valence-corrected chi connectivity index (χ1v) is 12.3. The summed E-state index contributed by atoms with van der Waals surface area (Å²) in [7, 11) is 0. The first-order chi connectivity index (χ1) is 15.1. The molecule has 1 unspecified atom stereocenters. The zero-order valence-corrected chi connectivity index (χ0v) is 19.8. The summed E-state index contributed by atoms with van der Waals surface area (Å²) >= 11 is 0. The fourth-order valence-corrected chi connectivity index (χ4v) is 4.76. The molecule has 0 radical (unpaired) electrons. The van der Waals surface area contributed by atoms with Crippen molar-refractivity contribution in [3.63, 3.8) is 0 Å². The van der Waals surface area contributed by atoms with Gasteiger partial charge in [0, 0.05) is 50.5 Å². The van der Waals surface area contributed by atoms with Crippen LogP contribution < -0.4 is 16.0 Å². The molecule has 3 N–H and O–H groups in total. The molecule has 174 valence electrons. The Hall–Kier alpha value is -1.63. The molecular weight excluding hydrogens is 386 g/mol. The van der Waals surface area contributed by atoms with Gasteiger partial charge in [-0.05, 0) is 58.1 Å². The second-order valence-electron chi connectivity index (χ2n) is 9.12. The van der Waals surface area contributed by atoms with Crippen LogP contribution in [0.1, 0.15) is 64.5 Å². The molecule has 2 heterocycles. The second kappa shape index (κ2) is 12.4. The van der Waals surface area contributed by atoms with E-state index in [1.54, 1.807) is 0 Å². The highest BCUT2D eigenvalue weighted by Crippen LogP contribution is 2.26. The number of nitrogens with zero attached hydrogens (tertiary/aromatic N) is 2. The standard InChI is InChI=1S/C25H43N5O/c1-4-15-30-16-11-23(12-17-30)28-24(26-5-2)27-20-25(13-18-31-19-14-25)29-21(3)22-9-7-6-8-10-22/h6-10,21,23,29H,4-5,11-20H2,1-3H3,(H2,26,27,28). The minimum Gasteiger partial charge on any atom is -0.381 e. The van der Waals surface area contributed by atoms with Gasteiger partial charge in [0.05, 0.1) is 6.54 Å². The number of piperidine rings is 1. The maximum atomic E-state index is 5.69. The third-order valence-corrected chi connectivity index (χ3v) is 6.62. The van der Waals surface area contributed by atoms with Crippen molar-refractivity contribution < 1.29 is 4.74 Å². The SMILES string of the molecule is CCCN1CCC(NC(=NCC2(NC(C)c3ccccc3)CCOCC2)NCC)CC1. The Morgan fingerprint density at radius 1 is 1.16 bits per heavy atom. The molecule has 1 atom stereocenters. The summed E-state index contributed by atoms with van der Waals surface area (Å²) in [5, 5.41) is 11.1. The third kappa shape index (κ3) is 7.48. The minimum absolute atomic E-state index is 0.0274. The maximum Gasteiger partial charge on any atom is 0.191 e. The predicted molar refractivity (Wildman–Crippen MR) is 130 cm³/mol. The molecule has 0 aromatic heterocycles. The number of nitrogens with one attached hydrogen (secondary N) is 3. The number of likely N-dealkylation sites (tertiary alicyclic amines) is 1. The molecule has 2 fully saturated rings. The smallest absolute Gasteiger partial charge is 0.191 e. The Kier molecular flexibility index (Phi) is 9.62. The Balaban J connectivity index is 1.62. The van der Waals surface area contributed by atoms with Crippen molar-refractivity contribution >= 4 is 5.96 Å². The maximum absolute atomic E-state index is 5.69. The molecule has 6 heteroatoms. The molecule has 2 saturated heterocycles. The summed E-state index contributed by atoms with van der Waals surface area (Å²) in [6, 6.07) is 11.5. The van der Waals surface area contributed by atoms with Gasteiger partial charge in [-0.3, -0.25) is 4.99 Å². The van der Waals surface area contributed by atoms with Gasteiger partial charge in [0.25, 0.3) is 0 Å². The molecule has 3 rings (SSSR count). The lowest BCUT2D eigenvalue weighted by atomic mass is 9.88. The second-order valence-corrected chi connectivity index (χ2v) is 9.12. The van der Waals surface area contributed by atoms with Gasteiger partial charge in [0.1, 0.15) is 0 Å². The van der Waals surface area contributed by atoms with E-state index in [9.17, 15) is 0 Å². The Morgan fingerprint density at radius 3 is 2.52 bits per heavy atom. The lowest BCUT2D eigenvalue weighted by Crippen LogP contribution is -2.54. The van der Waals surface area contributed by atoms with Gasteiger partial charge >= 0.3 is 0 Å². The van der Waals surface area contributed by atoms with E-state index >= 15 is 0 Å². The van der Waals surface area contributed by atoms with Gasteiger partial charge in [-0.1, -0.05) is 37.3 Å². The quantitative estimate of drug-likeness (QED) is 0.415. The van der Waals surface area contributed by atoms with Crippen molar-refractivity contribution in [1.82, 2.24) is 20.9 Å². The molecule has 0 aliphatic carbocycles. The molecule has 0 saturated carbocycles. The minimum atomic E-state index is -0.0274. The monoisotopic (exact) mass is 429 g/mol. The van der Waals surface area contributed by atoms with Crippen LogP contribution in [0.3, 0.4) is 0 Å². The average molecular weight is 430 g/mol. The first-order valence-electron chi connectivity index (χ1n) is 12.3. The molecule has 0 amide bonds. The van der Waals surface area contributed by atoms with Crippen LogP contribution in [-0.4, -0.2) is 68.4 Å². The largest absolute Gasteiger partial charge is 0.381 e. The van der Waals surface area contributed by atoms with Crippen LogP contribution in [0.2, 0.25) is 0 Å². The number of hydrogen-bond acceptors (Lipinski definition) is 4. The molecule has 1 aromatic rings. The summed E-state index contributed by atoms with van der Waals surface area (Å²) < 4.78 is 5.69. The van der Waals surface area contributed by atoms with Crippen molar-refractivity contribution in [3.8, 4) is 0 Å². The molecule has 2 aliphatic heterocycles. The molecule has 31 heavy (non-hydrogen) atoms. The van der Waals surface area contributed by atoms with Crippen LogP contribution in [0.4, 0.5) is 0 Å². The number of ether oxygens (including phenoxy) is 1. The number of guanidine groups is 1. The van der Waals surface area contributed by atoms with Crippen LogP contribution in [0.5, 0.6) is 0 Å².